The van der Waals surface area contributed by atoms with Crippen molar-refractivity contribution in [3.8, 4) is 5.75 Å². The lowest BCUT2D eigenvalue weighted by Crippen LogP contribution is -2.42. The fraction of sp³-hybridized carbons (Fsp3) is 0.250. The van der Waals surface area contributed by atoms with Crippen LogP contribution in [0.5, 0.6) is 5.75 Å². The molecule has 1 unspecified atom stereocenters. The highest BCUT2D eigenvalue weighted by Crippen LogP contribution is 2.32. The number of aryl methyl sites for hydroxylation is 1. The van der Waals surface area contributed by atoms with Crippen LogP contribution in [0.25, 0.3) is 0 Å². The Morgan fingerprint density at radius 1 is 1.21 bits per heavy atom. The van der Waals surface area contributed by atoms with E-state index in [1.165, 1.54) is 12.1 Å². The number of carbonyl (C=O) groups excluding carboxylic acids is 3. The summed E-state index contributed by atoms with van der Waals surface area (Å²) >= 11 is 11.9. The second-order valence-electron chi connectivity index (χ2n) is 6.80. The first-order chi connectivity index (χ1) is 13.7. The number of rotatable bonds is 5. The Morgan fingerprint density at radius 3 is 2.59 bits per heavy atom. The molecular formula is C20H19Cl2N3O4. The lowest BCUT2D eigenvalue weighted by molar-refractivity contribution is -0.133. The third-order valence-corrected chi connectivity index (χ3v) is 5.32. The monoisotopic (exact) mass is 435 g/mol. The molecule has 0 spiro atoms. The molecular weight excluding hydrogens is 417 g/mol. The average molecular weight is 436 g/mol. The standard InChI is InChI=1S/C20H19Cl2N3O4/c1-11-8-12(4-7-16(11)29-3)20(2)18(27)25(19(28)24-20)10-17(26)23-15-9-13(21)5-6-14(15)22/h4-9H,10H2,1-3H3,(H,23,26)(H,24,28). The van der Waals surface area contributed by atoms with Gasteiger partial charge in [-0.3, -0.25) is 14.5 Å². The van der Waals surface area contributed by atoms with Gasteiger partial charge in [-0.1, -0.05) is 29.3 Å². The van der Waals surface area contributed by atoms with Gasteiger partial charge in [0.15, 0.2) is 0 Å². The first-order valence-electron chi connectivity index (χ1n) is 8.70. The Hall–Kier alpha value is -2.77. The molecule has 7 nitrogen and oxygen atoms in total. The minimum atomic E-state index is -1.29. The number of hydrogen-bond donors (Lipinski definition) is 2. The Labute approximate surface area is 177 Å². The molecule has 152 valence electrons. The first-order valence-corrected chi connectivity index (χ1v) is 9.45. The minimum absolute atomic E-state index is 0.290. The van der Waals surface area contributed by atoms with Crippen LogP contribution in [0.15, 0.2) is 36.4 Å². The molecule has 1 fully saturated rings. The van der Waals surface area contributed by atoms with Crippen molar-refractivity contribution in [1.29, 1.82) is 0 Å². The number of carbonyl (C=O) groups is 3. The summed E-state index contributed by atoms with van der Waals surface area (Å²) in [5.41, 5.74) is 0.419. The fourth-order valence-corrected chi connectivity index (χ4v) is 3.49. The molecule has 1 heterocycles. The summed E-state index contributed by atoms with van der Waals surface area (Å²) in [4.78, 5) is 38.7. The molecule has 4 amide bonds. The average Bonchev–Trinajstić information content (AvgIpc) is 2.88. The summed E-state index contributed by atoms with van der Waals surface area (Å²) in [6.45, 7) is 2.98. The van der Waals surface area contributed by atoms with Crippen molar-refractivity contribution in [3.05, 3.63) is 57.6 Å². The number of imide groups is 1. The summed E-state index contributed by atoms with van der Waals surface area (Å²) in [6, 6.07) is 9.16. The lowest BCUT2D eigenvalue weighted by atomic mass is 9.90. The molecule has 2 N–H and O–H groups in total. The van der Waals surface area contributed by atoms with Crippen molar-refractivity contribution in [2.45, 2.75) is 19.4 Å². The number of urea groups is 1. The van der Waals surface area contributed by atoms with E-state index in [4.69, 9.17) is 27.9 Å². The molecule has 1 aliphatic rings. The van der Waals surface area contributed by atoms with Crippen molar-refractivity contribution in [2.24, 2.45) is 0 Å². The lowest BCUT2D eigenvalue weighted by Gasteiger charge is -2.23. The number of nitrogens with zero attached hydrogens (tertiary/aromatic N) is 1. The highest BCUT2D eigenvalue weighted by atomic mass is 35.5. The van der Waals surface area contributed by atoms with Crippen LogP contribution >= 0.6 is 23.2 Å². The van der Waals surface area contributed by atoms with E-state index in [0.29, 0.717) is 27.0 Å². The van der Waals surface area contributed by atoms with E-state index in [1.54, 1.807) is 38.3 Å². The Morgan fingerprint density at radius 2 is 1.93 bits per heavy atom. The molecule has 2 aromatic carbocycles. The summed E-state index contributed by atoms with van der Waals surface area (Å²) in [6.07, 6.45) is 0. The van der Waals surface area contributed by atoms with E-state index in [1.807, 2.05) is 6.92 Å². The Balaban J connectivity index is 1.79. The largest absolute Gasteiger partial charge is 0.496 e. The van der Waals surface area contributed by atoms with Gasteiger partial charge in [-0.05, 0) is 55.3 Å². The number of halogens is 2. The van der Waals surface area contributed by atoms with Gasteiger partial charge < -0.3 is 15.4 Å². The van der Waals surface area contributed by atoms with Gasteiger partial charge in [0.1, 0.15) is 17.8 Å². The SMILES string of the molecule is COc1ccc(C2(C)NC(=O)N(CC(=O)Nc3cc(Cl)ccc3Cl)C2=O)cc1C. The summed E-state index contributed by atoms with van der Waals surface area (Å²) < 4.78 is 5.24. The number of amides is 4. The molecule has 3 rings (SSSR count). The Kier molecular flexibility index (Phi) is 5.73. The smallest absolute Gasteiger partial charge is 0.325 e. The van der Waals surface area contributed by atoms with E-state index >= 15 is 0 Å². The van der Waals surface area contributed by atoms with Crippen molar-refractivity contribution < 1.29 is 19.1 Å². The molecule has 2 aromatic rings. The second kappa shape index (κ2) is 7.93. The van der Waals surface area contributed by atoms with E-state index in [-0.39, 0.29) is 0 Å². The van der Waals surface area contributed by atoms with E-state index in [9.17, 15) is 14.4 Å². The predicted molar refractivity (Wildman–Crippen MR) is 110 cm³/mol. The summed E-state index contributed by atoms with van der Waals surface area (Å²) in [5.74, 6) is -0.434. The maximum Gasteiger partial charge on any atom is 0.325 e. The maximum atomic E-state index is 13.0. The van der Waals surface area contributed by atoms with Gasteiger partial charge >= 0.3 is 6.03 Å². The van der Waals surface area contributed by atoms with Crippen LogP contribution in [0.2, 0.25) is 10.0 Å². The molecule has 1 atom stereocenters. The van der Waals surface area contributed by atoms with Crippen LogP contribution in [-0.4, -0.2) is 36.4 Å². The second-order valence-corrected chi connectivity index (χ2v) is 7.65. The summed E-state index contributed by atoms with van der Waals surface area (Å²) in [7, 11) is 1.55. The van der Waals surface area contributed by atoms with Crippen molar-refractivity contribution in [3.63, 3.8) is 0 Å². The third-order valence-electron chi connectivity index (χ3n) is 4.75. The number of benzene rings is 2. The number of nitrogens with one attached hydrogen (secondary N) is 2. The molecule has 1 saturated heterocycles. The predicted octanol–water partition coefficient (Wildman–Crippen LogP) is 3.72. The van der Waals surface area contributed by atoms with Crippen LogP contribution in [0.1, 0.15) is 18.1 Å². The van der Waals surface area contributed by atoms with E-state index in [0.717, 1.165) is 10.5 Å². The van der Waals surface area contributed by atoms with Crippen LogP contribution in [0, 0.1) is 6.92 Å². The van der Waals surface area contributed by atoms with E-state index in [2.05, 4.69) is 10.6 Å². The van der Waals surface area contributed by atoms with Crippen LogP contribution in [-0.2, 0) is 15.1 Å². The zero-order valence-corrected chi connectivity index (χ0v) is 17.5. The van der Waals surface area contributed by atoms with Crippen molar-refractivity contribution in [2.75, 3.05) is 19.0 Å². The fourth-order valence-electron chi connectivity index (χ4n) is 3.15. The molecule has 0 saturated carbocycles. The van der Waals surface area contributed by atoms with Crippen molar-refractivity contribution >= 4 is 46.7 Å². The maximum absolute atomic E-state index is 13.0. The van der Waals surface area contributed by atoms with Gasteiger partial charge in [0.2, 0.25) is 5.91 Å². The molecule has 9 heteroatoms. The Bertz CT molecular complexity index is 1010. The van der Waals surface area contributed by atoms with Crippen LogP contribution in [0.3, 0.4) is 0 Å². The minimum Gasteiger partial charge on any atom is -0.496 e. The third kappa shape index (κ3) is 4.02. The number of ether oxygens (including phenoxy) is 1. The molecule has 0 bridgehead atoms. The van der Waals surface area contributed by atoms with Gasteiger partial charge in [0, 0.05) is 5.02 Å². The van der Waals surface area contributed by atoms with Crippen LogP contribution in [0.4, 0.5) is 10.5 Å². The van der Waals surface area contributed by atoms with Gasteiger partial charge in [0.25, 0.3) is 5.91 Å². The topological polar surface area (TPSA) is 87.7 Å². The zero-order chi connectivity index (χ0) is 21.3. The molecule has 0 radical (unpaired) electrons. The highest BCUT2D eigenvalue weighted by molar-refractivity contribution is 6.35. The van der Waals surface area contributed by atoms with Gasteiger partial charge in [-0.25, -0.2) is 4.79 Å². The highest BCUT2D eigenvalue weighted by Gasteiger charge is 2.49. The zero-order valence-electron chi connectivity index (χ0n) is 16.0. The van der Waals surface area contributed by atoms with Gasteiger partial charge in [-0.2, -0.15) is 0 Å². The van der Waals surface area contributed by atoms with Crippen LogP contribution < -0.4 is 15.4 Å². The first kappa shape index (κ1) is 21.0. The van der Waals surface area contributed by atoms with Gasteiger partial charge in [-0.15, -0.1) is 0 Å². The number of anilines is 1. The quantitative estimate of drug-likeness (QED) is 0.700. The van der Waals surface area contributed by atoms with Gasteiger partial charge in [0.05, 0.1) is 17.8 Å². The normalized spacial score (nSPS) is 18.6. The summed E-state index contributed by atoms with van der Waals surface area (Å²) in [5, 5.41) is 5.92. The van der Waals surface area contributed by atoms with Crippen molar-refractivity contribution in [1.82, 2.24) is 10.2 Å². The molecule has 1 aliphatic heterocycles. The van der Waals surface area contributed by atoms with E-state index < -0.39 is 29.9 Å². The molecule has 29 heavy (non-hydrogen) atoms. The number of hydrogen-bond acceptors (Lipinski definition) is 4. The molecule has 0 aliphatic carbocycles. The number of methoxy groups -OCH3 is 1. The molecule has 0 aromatic heterocycles.